The van der Waals surface area contributed by atoms with E-state index in [1.165, 1.54) is 0 Å². The summed E-state index contributed by atoms with van der Waals surface area (Å²) in [6, 6.07) is 18.7. The van der Waals surface area contributed by atoms with E-state index in [9.17, 15) is 4.79 Å². The summed E-state index contributed by atoms with van der Waals surface area (Å²) >= 11 is 11.9. The lowest BCUT2D eigenvalue weighted by atomic mass is 10.1. The number of amides is 1. The Morgan fingerprint density at radius 2 is 1.89 bits per heavy atom. The van der Waals surface area contributed by atoms with Crippen molar-refractivity contribution in [3.05, 3.63) is 79.3 Å². The van der Waals surface area contributed by atoms with E-state index in [0.717, 1.165) is 19.2 Å². The molecule has 0 bridgehead atoms. The van der Waals surface area contributed by atoms with Crippen molar-refractivity contribution in [3.8, 4) is 11.5 Å². The first-order valence-corrected chi connectivity index (χ1v) is 10.6. The van der Waals surface area contributed by atoms with Crippen molar-refractivity contribution < 1.29 is 9.21 Å². The molecule has 1 N–H and O–H groups in total. The zero-order valence-electron chi connectivity index (χ0n) is 14.4. The van der Waals surface area contributed by atoms with Crippen LogP contribution in [0.3, 0.4) is 0 Å². The Hall–Kier alpha value is -1.90. The van der Waals surface area contributed by atoms with Gasteiger partial charge in [-0.15, -0.1) is 0 Å². The van der Waals surface area contributed by atoms with Crippen molar-refractivity contribution in [2.45, 2.75) is 6.42 Å². The molecular formula is C21H13BrClIN2O2. The van der Waals surface area contributed by atoms with Crippen LogP contribution in [0.15, 0.2) is 69.6 Å². The molecule has 4 aromatic rings. The van der Waals surface area contributed by atoms with Crippen LogP contribution < -0.4 is 5.32 Å². The van der Waals surface area contributed by atoms with Gasteiger partial charge in [0.1, 0.15) is 5.52 Å². The van der Waals surface area contributed by atoms with Gasteiger partial charge in [-0.25, -0.2) is 4.98 Å². The number of nitrogens with one attached hydrogen (secondary N) is 1. The van der Waals surface area contributed by atoms with Gasteiger partial charge in [-0.05, 0) is 76.7 Å². The van der Waals surface area contributed by atoms with E-state index >= 15 is 0 Å². The highest BCUT2D eigenvalue weighted by Crippen LogP contribution is 2.32. The quantitative estimate of drug-likeness (QED) is 0.280. The molecule has 1 heterocycles. The summed E-state index contributed by atoms with van der Waals surface area (Å²) in [5.74, 6) is 0.364. The number of fused-ring (bicyclic) bond motifs is 1. The molecule has 28 heavy (non-hydrogen) atoms. The monoisotopic (exact) mass is 566 g/mol. The van der Waals surface area contributed by atoms with Gasteiger partial charge in [-0.3, -0.25) is 4.79 Å². The maximum atomic E-state index is 12.3. The average molecular weight is 568 g/mol. The molecule has 0 radical (unpaired) electrons. The first-order chi connectivity index (χ1) is 13.5. The van der Waals surface area contributed by atoms with Crippen molar-refractivity contribution in [1.29, 1.82) is 0 Å². The number of nitrogens with zero attached hydrogens (tertiary/aromatic N) is 1. The molecular weight excluding hydrogens is 555 g/mol. The third-order valence-electron chi connectivity index (χ3n) is 4.11. The molecule has 1 amide bonds. The second-order valence-electron chi connectivity index (χ2n) is 6.18. The molecule has 3 aromatic carbocycles. The van der Waals surface area contributed by atoms with Gasteiger partial charge >= 0.3 is 0 Å². The van der Waals surface area contributed by atoms with Crippen LogP contribution in [0.4, 0.5) is 5.69 Å². The maximum Gasteiger partial charge on any atom is 0.228 e. The molecule has 0 aliphatic heterocycles. The summed E-state index contributed by atoms with van der Waals surface area (Å²) in [6.07, 6.45) is 0.299. The Kier molecular flexibility index (Phi) is 5.70. The number of anilines is 1. The molecule has 1 aromatic heterocycles. The van der Waals surface area contributed by atoms with E-state index in [2.05, 4.69) is 48.8 Å². The summed E-state index contributed by atoms with van der Waals surface area (Å²) in [7, 11) is 0. The molecule has 4 nitrogen and oxygen atoms in total. The molecule has 0 unspecified atom stereocenters. The third kappa shape index (κ3) is 4.39. The number of benzene rings is 3. The Morgan fingerprint density at radius 1 is 1.11 bits per heavy atom. The summed E-state index contributed by atoms with van der Waals surface area (Å²) in [6.45, 7) is 0. The van der Waals surface area contributed by atoms with Gasteiger partial charge in [0.05, 0.1) is 17.0 Å². The molecule has 0 aliphatic carbocycles. The first-order valence-electron chi connectivity index (χ1n) is 8.38. The van der Waals surface area contributed by atoms with Crippen LogP contribution in [0.5, 0.6) is 0 Å². The Balaban J connectivity index is 1.55. The second-order valence-corrected chi connectivity index (χ2v) is 8.75. The number of hydrogen-bond donors (Lipinski definition) is 1. The van der Waals surface area contributed by atoms with E-state index in [0.29, 0.717) is 34.1 Å². The van der Waals surface area contributed by atoms with Gasteiger partial charge in [0.15, 0.2) is 5.58 Å². The highest BCUT2D eigenvalue weighted by atomic mass is 127. The zero-order chi connectivity index (χ0) is 19.7. The number of carbonyl (C=O) groups is 1. The lowest BCUT2D eigenvalue weighted by molar-refractivity contribution is -0.115. The maximum absolute atomic E-state index is 12.3. The molecule has 0 aliphatic rings. The normalized spacial score (nSPS) is 11.0. The SMILES string of the molecule is O=C(Cc1ccc(Br)cc1)Nc1ccc2oc(-c3cc(I)ccc3Cl)nc2c1. The summed E-state index contributed by atoms with van der Waals surface area (Å²) in [4.78, 5) is 16.9. The fourth-order valence-corrected chi connectivity index (χ4v) is 3.73. The number of aromatic nitrogens is 1. The van der Waals surface area contributed by atoms with Gasteiger partial charge < -0.3 is 9.73 Å². The van der Waals surface area contributed by atoms with Gasteiger partial charge in [-0.1, -0.05) is 39.7 Å². The second kappa shape index (κ2) is 8.23. The number of oxazole rings is 1. The molecule has 4 rings (SSSR count). The van der Waals surface area contributed by atoms with Gasteiger partial charge in [0.25, 0.3) is 0 Å². The molecule has 0 spiro atoms. The van der Waals surface area contributed by atoms with Crippen LogP contribution in [0.1, 0.15) is 5.56 Å². The van der Waals surface area contributed by atoms with E-state index in [4.69, 9.17) is 16.0 Å². The zero-order valence-corrected chi connectivity index (χ0v) is 18.9. The number of halogens is 3. The largest absolute Gasteiger partial charge is 0.436 e. The molecule has 0 saturated carbocycles. The smallest absolute Gasteiger partial charge is 0.228 e. The molecule has 140 valence electrons. The minimum absolute atomic E-state index is 0.0916. The molecule has 7 heteroatoms. The van der Waals surface area contributed by atoms with Crippen LogP contribution in [0.2, 0.25) is 5.02 Å². The van der Waals surface area contributed by atoms with Crippen molar-refractivity contribution in [2.24, 2.45) is 0 Å². The predicted octanol–water partition coefficient (Wildman–Crippen LogP) is 6.70. The molecule has 0 atom stereocenters. The average Bonchev–Trinajstić information content (AvgIpc) is 3.08. The summed E-state index contributed by atoms with van der Waals surface area (Å²) in [5.41, 5.74) is 3.65. The van der Waals surface area contributed by atoms with E-state index in [1.54, 1.807) is 18.2 Å². The van der Waals surface area contributed by atoms with Crippen molar-refractivity contribution in [2.75, 3.05) is 5.32 Å². The lowest BCUT2D eigenvalue weighted by Gasteiger charge is -2.05. The van der Waals surface area contributed by atoms with Gasteiger partial charge in [-0.2, -0.15) is 0 Å². The van der Waals surface area contributed by atoms with Crippen LogP contribution in [-0.4, -0.2) is 10.9 Å². The van der Waals surface area contributed by atoms with E-state index in [1.807, 2.05) is 42.5 Å². The number of carbonyl (C=O) groups excluding carboxylic acids is 1. The standard InChI is InChI=1S/C21H13BrClIN2O2/c22-13-3-1-12(2-4-13)9-20(27)25-15-6-8-19-18(11-15)26-21(28-19)16-10-14(24)5-7-17(16)23/h1-8,10-11H,9H2,(H,25,27). The van der Waals surface area contributed by atoms with Crippen LogP contribution in [0, 0.1) is 3.57 Å². The topological polar surface area (TPSA) is 55.1 Å². The minimum atomic E-state index is -0.0916. The first kappa shape index (κ1) is 19.4. The Labute approximate surface area is 188 Å². The minimum Gasteiger partial charge on any atom is -0.436 e. The fraction of sp³-hybridized carbons (Fsp3) is 0.0476. The highest BCUT2D eigenvalue weighted by Gasteiger charge is 2.13. The van der Waals surface area contributed by atoms with Crippen LogP contribution in [0.25, 0.3) is 22.6 Å². The fourth-order valence-electron chi connectivity index (χ4n) is 2.77. The van der Waals surface area contributed by atoms with E-state index < -0.39 is 0 Å². The Bertz CT molecular complexity index is 1170. The summed E-state index contributed by atoms with van der Waals surface area (Å²) in [5, 5.41) is 3.49. The molecule has 0 fully saturated rings. The number of hydrogen-bond acceptors (Lipinski definition) is 3. The van der Waals surface area contributed by atoms with Crippen molar-refractivity contribution >= 4 is 72.8 Å². The van der Waals surface area contributed by atoms with Crippen molar-refractivity contribution in [3.63, 3.8) is 0 Å². The highest BCUT2D eigenvalue weighted by molar-refractivity contribution is 14.1. The molecule has 0 saturated heterocycles. The predicted molar refractivity (Wildman–Crippen MR) is 124 cm³/mol. The van der Waals surface area contributed by atoms with Gasteiger partial charge in [0, 0.05) is 13.7 Å². The number of rotatable bonds is 4. The van der Waals surface area contributed by atoms with Gasteiger partial charge in [0.2, 0.25) is 11.8 Å². The third-order valence-corrected chi connectivity index (χ3v) is 5.64. The van der Waals surface area contributed by atoms with E-state index in [-0.39, 0.29) is 5.91 Å². The van der Waals surface area contributed by atoms with Crippen molar-refractivity contribution in [1.82, 2.24) is 4.98 Å². The lowest BCUT2D eigenvalue weighted by Crippen LogP contribution is -2.14. The van der Waals surface area contributed by atoms with Crippen LogP contribution in [-0.2, 0) is 11.2 Å². The summed E-state index contributed by atoms with van der Waals surface area (Å²) < 4.78 is 7.87. The Morgan fingerprint density at radius 3 is 2.68 bits per heavy atom. The van der Waals surface area contributed by atoms with Crippen LogP contribution >= 0.6 is 50.1 Å².